The molecule has 2 atom stereocenters. The van der Waals surface area contributed by atoms with Crippen molar-refractivity contribution in [2.75, 3.05) is 6.54 Å². The summed E-state index contributed by atoms with van der Waals surface area (Å²) in [5.74, 6) is 1.44. The van der Waals surface area contributed by atoms with Gasteiger partial charge >= 0.3 is 0 Å². The molecular formula is C16H21N5OS. The predicted octanol–water partition coefficient (Wildman–Crippen LogP) is 2.58. The van der Waals surface area contributed by atoms with Gasteiger partial charge in [-0.15, -0.1) is 21.5 Å². The maximum absolute atomic E-state index is 12.7. The zero-order valence-corrected chi connectivity index (χ0v) is 13.9. The molecule has 2 aromatic rings. The van der Waals surface area contributed by atoms with Crippen LogP contribution in [0, 0.1) is 5.92 Å². The molecule has 1 aliphatic heterocycles. The van der Waals surface area contributed by atoms with Crippen molar-refractivity contribution in [3.63, 3.8) is 0 Å². The fourth-order valence-electron chi connectivity index (χ4n) is 3.96. The monoisotopic (exact) mass is 331 g/mol. The number of likely N-dealkylation sites (tertiary alicyclic amines) is 1. The Hall–Kier alpha value is -1.76. The second-order valence-corrected chi connectivity index (χ2v) is 7.41. The second-order valence-electron chi connectivity index (χ2n) is 6.46. The van der Waals surface area contributed by atoms with Gasteiger partial charge in [-0.25, -0.2) is 0 Å². The third kappa shape index (κ3) is 3.02. The number of aromatic nitrogens is 4. The summed E-state index contributed by atoms with van der Waals surface area (Å²) in [6.07, 6.45) is 7.39. The molecule has 0 spiro atoms. The standard InChI is InChI=1S/C16H21N5OS/c22-15(20-9-3-6-12-5-1-2-7-13(12)20)11-21-18-16(17-19-21)14-8-4-10-23-14/h4,8,10,12-13H,1-3,5-7,9,11H2/t12-,13-/m1/s1. The van der Waals surface area contributed by atoms with Crippen molar-refractivity contribution >= 4 is 17.2 Å². The van der Waals surface area contributed by atoms with Crippen molar-refractivity contribution in [1.29, 1.82) is 0 Å². The molecule has 3 heterocycles. The SMILES string of the molecule is O=C(Cn1nnc(-c2cccs2)n1)N1CCC[C@H]2CCCC[C@H]21. The van der Waals surface area contributed by atoms with Gasteiger partial charge in [-0.1, -0.05) is 18.9 Å². The van der Waals surface area contributed by atoms with E-state index >= 15 is 0 Å². The second kappa shape index (κ2) is 6.39. The average molecular weight is 331 g/mol. The van der Waals surface area contributed by atoms with Crippen LogP contribution in [0.25, 0.3) is 10.7 Å². The van der Waals surface area contributed by atoms with E-state index in [0.29, 0.717) is 17.8 Å². The van der Waals surface area contributed by atoms with Crippen LogP contribution in [0.1, 0.15) is 38.5 Å². The number of hydrogen-bond donors (Lipinski definition) is 0. The summed E-state index contributed by atoms with van der Waals surface area (Å²) in [6.45, 7) is 1.08. The Morgan fingerprint density at radius 1 is 1.26 bits per heavy atom. The van der Waals surface area contributed by atoms with Gasteiger partial charge in [-0.2, -0.15) is 4.80 Å². The quantitative estimate of drug-likeness (QED) is 0.867. The number of rotatable bonds is 3. The number of hydrogen-bond acceptors (Lipinski definition) is 5. The first-order valence-electron chi connectivity index (χ1n) is 8.42. The van der Waals surface area contributed by atoms with Crippen LogP contribution >= 0.6 is 11.3 Å². The number of carbonyl (C=O) groups excluding carboxylic acids is 1. The van der Waals surface area contributed by atoms with Crippen LogP contribution in [-0.2, 0) is 11.3 Å². The van der Waals surface area contributed by atoms with Gasteiger partial charge in [0.1, 0.15) is 6.54 Å². The maximum atomic E-state index is 12.7. The van der Waals surface area contributed by atoms with Crippen LogP contribution in [0.4, 0.5) is 0 Å². The van der Waals surface area contributed by atoms with Crippen LogP contribution in [0.2, 0.25) is 0 Å². The summed E-state index contributed by atoms with van der Waals surface area (Å²) < 4.78 is 0. The molecule has 1 aliphatic carbocycles. The molecule has 2 fully saturated rings. The summed E-state index contributed by atoms with van der Waals surface area (Å²) in [5, 5.41) is 14.4. The summed E-state index contributed by atoms with van der Waals surface area (Å²) in [5.41, 5.74) is 0. The van der Waals surface area contributed by atoms with Crippen molar-refractivity contribution in [3.05, 3.63) is 17.5 Å². The number of amides is 1. The molecule has 1 saturated heterocycles. The van der Waals surface area contributed by atoms with E-state index in [-0.39, 0.29) is 12.5 Å². The van der Waals surface area contributed by atoms with E-state index in [0.717, 1.165) is 24.3 Å². The van der Waals surface area contributed by atoms with Crippen molar-refractivity contribution in [3.8, 4) is 10.7 Å². The molecule has 0 unspecified atom stereocenters. The molecule has 122 valence electrons. The van der Waals surface area contributed by atoms with Crippen molar-refractivity contribution in [2.24, 2.45) is 5.92 Å². The van der Waals surface area contributed by atoms with Gasteiger partial charge in [-0.3, -0.25) is 4.79 Å². The minimum absolute atomic E-state index is 0.136. The Kier molecular flexibility index (Phi) is 4.11. The van der Waals surface area contributed by atoms with Crippen molar-refractivity contribution < 1.29 is 4.79 Å². The van der Waals surface area contributed by atoms with E-state index in [1.807, 2.05) is 17.5 Å². The van der Waals surface area contributed by atoms with E-state index in [4.69, 9.17) is 0 Å². The lowest BCUT2D eigenvalue weighted by molar-refractivity contribution is -0.138. The van der Waals surface area contributed by atoms with E-state index < -0.39 is 0 Å². The van der Waals surface area contributed by atoms with E-state index in [1.54, 1.807) is 11.3 Å². The van der Waals surface area contributed by atoms with Gasteiger partial charge in [-0.05, 0) is 48.3 Å². The molecule has 2 aromatic heterocycles. The molecule has 0 aromatic carbocycles. The third-order valence-electron chi connectivity index (χ3n) is 5.03. The normalized spacial score (nSPS) is 24.4. The Morgan fingerprint density at radius 3 is 3.00 bits per heavy atom. The van der Waals surface area contributed by atoms with Crippen LogP contribution < -0.4 is 0 Å². The van der Waals surface area contributed by atoms with Gasteiger partial charge in [0.15, 0.2) is 0 Å². The molecule has 4 rings (SSSR count). The molecule has 6 nitrogen and oxygen atoms in total. The number of tetrazole rings is 1. The predicted molar refractivity (Wildman–Crippen MR) is 87.8 cm³/mol. The van der Waals surface area contributed by atoms with E-state index in [9.17, 15) is 4.79 Å². The van der Waals surface area contributed by atoms with Gasteiger partial charge < -0.3 is 4.90 Å². The lowest BCUT2D eigenvalue weighted by Gasteiger charge is -2.44. The molecule has 0 radical (unpaired) electrons. The maximum Gasteiger partial charge on any atom is 0.246 e. The average Bonchev–Trinajstić information content (AvgIpc) is 3.25. The Balaban J connectivity index is 1.45. The van der Waals surface area contributed by atoms with Gasteiger partial charge in [0, 0.05) is 12.6 Å². The zero-order chi connectivity index (χ0) is 15.6. The first-order valence-corrected chi connectivity index (χ1v) is 9.30. The molecule has 1 saturated carbocycles. The first-order chi connectivity index (χ1) is 11.3. The molecule has 2 aliphatic rings. The smallest absolute Gasteiger partial charge is 0.246 e. The Labute approximate surface area is 139 Å². The summed E-state index contributed by atoms with van der Waals surface area (Å²) in [6, 6.07) is 4.36. The third-order valence-corrected chi connectivity index (χ3v) is 5.90. The molecule has 0 N–H and O–H groups in total. The van der Waals surface area contributed by atoms with Gasteiger partial charge in [0.2, 0.25) is 11.7 Å². The lowest BCUT2D eigenvalue weighted by Crippen LogP contribution is -2.50. The van der Waals surface area contributed by atoms with Gasteiger partial charge in [0.25, 0.3) is 0 Å². The first kappa shape index (κ1) is 14.8. The Morgan fingerprint density at radius 2 is 2.13 bits per heavy atom. The minimum atomic E-state index is 0.136. The van der Waals surface area contributed by atoms with Crippen LogP contribution in [0.15, 0.2) is 17.5 Å². The fourth-order valence-corrected chi connectivity index (χ4v) is 4.61. The zero-order valence-electron chi connectivity index (χ0n) is 13.1. The minimum Gasteiger partial charge on any atom is -0.338 e. The molecular weight excluding hydrogens is 310 g/mol. The van der Waals surface area contributed by atoms with Crippen LogP contribution in [-0.4, -0.2) is 43.6 Å². The van der Waals surface area contributed by atoms with E-state index in [1.165, 1.54) is 30.5 Å². The van der Waals surface area contributed by atoms with Crippen LogP contribution in [0.3, 0.4) is 0 Å². The summed E-state index contributed by atoms with van der Waals surface area (Å²) in [4.78, 5) is 17.2. The van der Waals surface area contributed by atoms with Crippen LogP contribution in [0.5, 0.6) is 0 Å². The van der Waals surface area contributed by atoms with Crippen molar-refractivity contribution in [2.45, 2.75) is 51.1 Å². The van der Waals surface area contributed by atoms with Crippen molar-refractivity contribution in [1.82, 2.24) is 25.1 Å². The summed E-state index contributed by atoms with van der Waals surface area (Å²) >= 11 is 1.58. The summed E-state index contributed by atoms with van der Waals surface area (Å²) in [7, 11) is 0. The molecule has 23 heavy (non-hydrogen) atoms. The van der Waals surface area contributed by atoms with Gasteiger partial charge in [0.05, 0.1) is 4.88 Å². The molecule has 1 amide bonds. The largest absolute Gasteiger partial charge is 0.338 e. The number of piperidine rings is 1. The highest BCUT2D eigenvalue weighted by atomic mass is 32.1. The lowest BCUT2D eigenvalue weighted by atomic mass is 9.78. The fraction of sp³-hybridized carbons (Fsp3) is 0.625. The number of carbonyl (C=O) groups is 1. The highest BCUT2D eigenvalue weighted by molar-refractivity contribution is 7.13. The number of nitrogens with zero attached hydrogens (tertiary/aromatic N) is 5. The highest BCUT2D eigenvalue weighted by Gasteiger charge is 2.35. The molecule has 0 bridgehead atoms. The number of thiophene rings is 1. The topological polar surface area (TPSA) is 63.9 Å². The Bertz CT molecular complexity index is 666. The number of fused-ring (bicyclic) bond motifs is 1. The highest BCUT2D eigenvalue weighted by Crippen LogP contribution is 2.35. The van der Waals surface area contributed by atoms with E-state index in [2.05, 4.69) is 20.3 Å². The molecule has 7 heteroatoms.